The number of aliphatic carboxylic acids is 1. The number of ether oxygens (including phenoxy) is 1. The van der Waals surface area contributed by atoms with Gasteiger partial charge in [0, 0.05) is 12.6 Å². The number of hydrogen-bond acceptors (Lipinski definition) is 3. The molecule has 0 aliphatic heterocycles. The Labute approximate surface area is 149 Å². The highest BCUT2D eigenvalue weighted by molar-refractivity contribution is 5.81. The fourth-order valence-corrected chi connectivity index (χ4v) is 2.56. The van der Waals surface area contributed by atoms with E-state index in [9.17, 15) is 23.5 Å². The van der Waals surface area contributed by atoms with Gasteiger partial charge in [-0.3, -0.25) is 4.90 Å². The van der Waals surface area contributed by atoms with E-state index in [0.29, 0.717) is 12.5 Å². The van der Waals surface area contributed by atoms with Gasteiger partial charge in [-0.25, -0.2) is 18.4 Å². The molecule has 26 heavy (non-hydrogen) atoms. The standard InChI is InChI=1S/C19H19F2NO4/c1-2-8-22(19(25)26-12-13-6-4-3-5-7-13)17(18(23)24)14-9-15(20)11-16(21)10-14/h3-7,9-11,17H,2,8,12H2,1H3,(H,23,24). The summed E-state index contributed by atoms with van der Waals surface area (Å²) >= 11 is 0. The van der Waals surface area contributed by atoms with E-state index < -0.39 is 29.7 Å². The Morgan fingerprint density at radius 3 is 2.27 bits per heavy atom. The van der Waals surface area contributed by atoms with Crippen LogP contribution in [0.3, 0.4) is 0 Å². The molecule has 1 atom stereocenters. The molecule has 0 aliphatic carbocycles. The van der Waals surface area contributed by atoms with E-state index in [1.165, 1.54) is 0 Å². The van der Waals surface area contributed by atoms with Crippen molar-refractivity contribution in [3.05, 3.63) is 71.3 Å². The molecule has 2 aromatic carbocycles. The van der Waals surface area contributed by atoms with E-state index in [0.717, 1.165) is 22.6 Å². The van der Waals surface area contributed by atoms with Gasteiger partial charge in [-0.05, 0) is 29.7 Å². The summed E-state index contributed by atoms with van der Waals surface area (Å²) in [5, 5.41) is 9.55. The van der Waals surface area contributed by atoms with Crippen molar-refractivity contribution in [1.82, 2.24) is 4.90 Å². The van der Waals surface area contributed by atoms with E-state index in [4.69, 9.17) is 4.74 Å². The summed E-state index contributed by atoms with van der Waals surface area (Å²) in [6.07, 6.45) is -0.421. The lowest BCUT2D eigenvalue weighted by atomic mass is 10.0. The van der Waals surface area contributed by atoms with Gasteiger partial charge in [0.1, 0.15) is 18.2 Å². The van der Waals surface area contributed by atoms with Gasteiger partial charge >= 0.3 is 12.1 Å². The molecule has 2 aromatic rings. The van der Waals surface area contributed by atoms with Crippen LogP contribution in [-0.4, -0.2) is 28.6 Å². The lowest BCUT2D eigenvalue weighted by molar-refractivity contribution is -0.143. The minimum atomic E-state index is -1.55. The number of halogens is 2. The number of nitrogens with zero attached hydrogens (tertiary/aromatic N) is 1. The Kier molecular flexibility index (Phi) is 6.66. The highest BCUT2D eigenvalue weighted by Crippen LogP contribution is 2.24. The molecule has 0 spiro atoms. The second-order valence-electron chi connectivity index (χ2n) is 5.68. The quantitative estimate of drug-likeness (QED) is 0.803. The van der Waals surface area contributed by atoms with Crippen molar-refractivity contribution in [1.29, 1.82) is 0 Å². The minimum absolute atomic E-state index is 0.0380. The summed E-state index contributed by atoms with van der Waals surface area (Å²) in [7, 11) is 0. The molecular formula is C19H19F2NO4. The van der Waals surface area contributed by atoms with Crippen LogP contribution in [0, 0.1) is 11.6 Å². The molecule has 0 radical (unpaired) electrons. The Hall–Kier alpha value is -2.96. The molecule has 138 valence electrons. The van der Waals surface area contributed by atoms with E-state index in [1.54, 1.807) is 31.2 Å². The van der Waals surface area contributed by atoms with Crippen molar-refractivity contribution < 1.29 is 28.2 Å². The minimum Gasteiger partial charge on any atom is -0.479 e. The average molecular weight is 363 g/mol. The van der Waals surface area contributed by atoms with Gasteiger partial charge in [-0.1, -0.05) is 37.3 Å². The molecule has 7 heteroatoms. The lowest BCUT2D eigenvalue weighted by Crippen LogP contribution is -2.40. The average Bonchev–Trinajstić information content (AvgIpc) is 2.59. The molecule has 0 aromatic heterocycles. The predicted octanol–water partition coefficient (Wildman–Crippen LogP) is 4.14. The van der Waals surface area contributed by atoms with Crippen molar-refractivity contribution >= 4 is 12.1 Å². The highest BCUT2D eigenvalue weighted by Gasteiger charge is 2.32. The maximum atomic E-state index is 13.5. The van der Waals surface area contributed by atoms with Crippen molar-refractivity contribution in [2.24, 2.45) is 0 Å². The van der Waals surface area contributed by atoms with Crippen LogP contribution >= 0.6 is 0 Å². The number of amides is 1. The molecule has 1 N–H and O–H groups in total. The van der Waals surface area contributed by atoms with Gasteiger partial charge in [-0.2, -0.15) is 0 Å². The summed E-state index contributed by atoms with van der Waals surface area (Å²) < 4.78 is 32.2. The summed E-state index contributed by atoms with van der Waals surface area (Å²) in [6.45, 7) is 1.77. The molecule has 0 bridgehead atoms. The number of carboxylic acids is 1. The van der Waals surface area contributed by atoms with Crippen LogP contribution in [0.15, 0.2) is 48.5 Å². The van der Waals surface area contributed by atoms with E-state index in [-0.39, 0.29) is 18.7 Å². The van der Waals surface area contributed by atoms with E-state index in [2.05, 4.69) is 0 Å². The fourth-order valence-electron chi connectivity index (χ4n) is 2.56. The first-order valence-electron chi connectivity index (χ1n) is 8.08. The molecular weight excluding hydrogens is 344 g/mol. The third kappa shape index (κ3) is 5.02. The molecule has 0 heterocycles. The zero-order valence-electron chi connectivity index (χ0n) is 14.2. The molecule has 0 saturated heterocycles. The maximum absolute atomic E-state index is 13.5. The zero-order valence-corrected chi connectivity index (χ0v) is 14.2. The SMILES string of the molecule is CCCN(C(=O)OCc1ccccc1)C(C(=O)O)c1cc(F)cc(F)c1. The smallest absolute Gasteiger partial charge is 0.411 e. The summed E-state index contributed by atoms with van der Waals surface area (Å²) in [5.74, 6) is -3.24. The largest absolute Gasteiger partial charge is 0.479 e. The summed E-state index contributed by atoms with van der Waals surface area (Å²) in [6, 6.07) is 9.77. The molecule has 5 nitrogen and oxygen atoms in total. The first-order chi connectivity index (χ1) is 12.4. The van der Waals surface area contributed by atoms with Gasteiger partial charge in [0.25, 0.3) is 0 Å². The third-order valence-electron chi connectivity index (χ3n) is 3.65. The molecule has 1 unspecified atom stereocenters. The number of rotatable bonds is 7. The van der Waals surface area contributed by atoms with Crippen LogP contribution in [0.2, 0.25) is 0 Å². The number of benzene rings is 2. The van der Waals surface area contributed by atoms with Crippen LogP contribution < -0.4 is 0 Å². The monoisotopic (exact) mass is 363 g/mol. The first kappa shape index (κ1) is 19.4. The molecule has 0 saturated carbocycles. The van der Waals surface area contributed by atoms with Crippen molar-refractivity contribution in [3.8, 4) is 0 Å². The number of hydrogen-bond donors (Lipinski definition) is 1. The van der Waals surface area contributed by atoms with Crippen molar-refractivity contribution in [2.45, 2.75) is 26.0 Å². The number of carboxylic acid groups (broad SMARTS) is 1. The predicted molar refractivity (Wildman–Crippen MR) is 90.4 cm³/mol. The van der Waals surface area contributed by atoms with Gasteiger partial charge in [-0.15, -0.1) is 0 Å². The van der Waals surface area contributed by atoms with Gasteiger partial charge in [0.15, 0.2) is 6.04 Å². The zero-order chi connectivity index (χ0) is 19.1. The van der Waals surface area contributed by atoms with Crippen molar-refractivity contribution in [2.75, 3.05) is 6.54 Å². The molecule has 1 amide bonds. The van der Waals surface area contributed by atoms with Crippen molar-refractivity contribution in [3.63, 3.8) is 0 Å². The third-order valence-corrected chi connectivity index (χ3v) is 3.65. The van der Waals surface area contributed by atoms with Crippen LogP contribution in [0.5, 0.6) is 0 Å². The maximum Gasteiger partial charge on any atom is 0.411 e. The van der Waals surface area contributed by atoms with Crippen LogP contribution in [0.25, 0.3) is 0 Å². The first-order valence-corrected chi connectivity index (χ1v) is 8.08. The second-order valence-corrected chi connectivity index (χ2v) is 5.68. The Bertz CT molecular complexity index is 747. The Morgan fingerprint density at radius 1 is 1.12 bits per heavy atom. The Morgan fingerprint density at radius 2 is 1.73 bits per heavy atom. The van der Waals surface area contributed by atoms with Crippen LogP contribution in [0.1, 0.15) is 30.5 Å². The van der Waals surface area contributed by atoms with Gasteiger partial charge < -0.3 is 9.84 Å². The normalized spacial score (nSPS) is 11.7. The molecule has 0 fully saturated rings. The van der Waals surface area contributed by atoms with Crippen LogP contribution in [0.4, 0.5) is 13.6 Å². The van der Waals surface area contributed by atoms with E-state index in [1.807, 2.05) is 6.07 Å². The highest BCUT2D eigenvalue weighted by atomic mass is 19.1. The topological polar surface area (TPSA) is 66.8 Å². The summed E-state index contributed by atoms with van der Waals surface area (Å²) in [5.41, 5.74) is 0.570. The van der Waals surface area contributed by atoms with Crippen LogP contribution in [-0.2, 0) is 16.1 Å². The summed E-state index contributed by atoms with van der Waals surface area (Å²) in [4.78, 5) is 25.1. The molecule has 0 aliphatic rings. The number of carbonyl (C=O) groups excluding carboxylic acids is 1. The van der Waals surface area contributed by atoms with E-state index >= 15 is 0 Å². The van der Waals surface area contributed by atoms with Gasteiger partial charge in [0.2, 0.25) is 0 Å². The number of carbonyl (C=O) groups is 2. The Balaban J connectivity index is 2.25. The fraction of sp³-hybridized carbons (Fsp3) is 0.263. The molecule has 2 rings (SSSR count). The van der Waals surface area contributed by atoms with Gasteiger partial charge in [0.05, 0.1) is 0 Å². The lowest BCUT2D eigenvalue weighted by Gasteiger charge is -2.28. The second kappa shape index (κ2) is 8.94.